The standard InChI is InChI=1S/C21H18ClN5/c1-14-12-23-21(25-20(14)17-9-5-6-10-18(17)22)24-13-16-11-19(27-26-16)15-7-3-2-4-8-15/h2-12H,13H2,1H3,(H,26,27)(H,23,24,25). The maximum atomic E-state index is 6.32. The van der Waals surface area contributed by atoms with Crippen molar-refractivity contribution in [2.75, 3.05) is 5.32 Å². The first-order valence-corrected chi connectivity index (χ1v) is 9.00. The highest BCUT2D eigenvalue weighted by molar-refractivity contribution is 6.33. The number of anilines is 1. The summed E-state index contributed by atoms with van der Waals surface area (Å²) in [5.74, 6) is 0.541. The lowest BCUT2D eigenvalue weighted by Gasteiger charge is -2.09. The molecule has 0 bridgehead atoms. The molecule has 4 rings (SSSR count). The van der Waals surface area contributed by atoms with E-state index in [-0.39, 0.29) is 0 Å². The first-order chi connectivity index (χ1) is 13.2. The van der Waals surface area contributed by atoms with E-state index in [2.05, 4.69) is 25.5 Å². The van der Waals surface area contributed by atoms with Crippen LogP contribution >= 0.6 is 11.6 Å². The van der Waals surface area contributed by atoms with E-state index in [0.29, 0.717) is 17.5 Å². The SMILES string of the molecule is Cc1cnc(NCc2cc(-c3ccccc3)[nH]n2)nc1-c1ccccc1Cl. The highest BCUT2D eigenvalue weighted by atomic mass is 35.5. The molecular formula is C21H18ClN5. The Balaban J connectivity index is 1.52. The van der Waals surface area contributed by atoms with E-state index in [1.165, 1.54) is 0 Å². The van der Waals surface area contributed by atoms with Crippen LogP contribution in [-0.2, 0) is 6.54 Å². The lowest BCUT2D eigenvalue weighted by Crippen LogP contribution is -2.05. The molecule has 2 aromatic heterocycles. The summed E-state index contributed by atoms with van der Waals surface area (Å²) in [6.45, 7) is 2.50. The predicted octanol–water partition coefficient (Wildman–Crippen LogP) is 5.11. The van der Waals surface area contributed by atoms with E-state index in [1.54, 1.807) is 6.20 Å². The molecule has 0 fully saturated rings. The maximum Gasteiger partial charge on any atom is 0.223 e. The molecule has 134 valence electrons. The summed E-state index contributed by atoms with van der Waals surface area (Å²) < 4.78 is 0. The fraction of sp³-hybridized carbons (Fsp3) is 0.0952. The fourth-order valence-corrected chi connectivity index (χ4v) is 3.07. The summed E-state index contributed by atoms with van der Waals surface area (Å²) >= 11 is 6.32. The van der Waals surface area contributed by atoms with Gasteiger partial charge in [-0.15, -0.1) is 0 Å². The van der Waals surface area contributed by atoms with Gasteiger partial charge in [0.2, 0.25) is 5.95 Å². The van der Waals surface area contributed by atoms with E-state index in [1.807, 2.05) is 67.6 Å². The predicted molar refractivity (Wildman–Crippen MR) is 109 cm³/mol. The third-order valence-corrected chi connectivity index (χ3v) is 4.57. The third kappa shape index (κ3) is 3.83. The number of nitrogens with zero attached hydrogens (tertiary/aromatic N) is 3. The summed E-state index contributed by atoms with van der Waals surface area (Å²) in [5, 5.41) is 11.3. The average molecular weight is 376 g/mol. The van der Waals surface area contributed by atoms with Crippen molar-refractivity contribution < 1.29 is 0 Å². The fourth-order valence-electron chi connectivity index (χ4n) is 2.84. The quantitative estimate of drug-likeness (QED) is 0.508. The van der Waals surface area contributed by atoms with E-state index in [4.69, 9.17) is 11.6 Å². The summed E-state index contributed by atoms with van der Waals surface area (Å²) in [4.78, 5) is 9.01. The van der Waals surface area contributed by atoms with Gasteiger partial charge in [-0.25, -0.2) is 9.97 Å². The number of hydrogen-bond donors (Lipinski definition) is 2. The normalized spacial score (nSPS) is 10.7. The number of aromatic nitrogens is 4. The molecule has 2 aromatic carbocycles. The van der Waals surface area contributed by atoms with Gasteiger partial charge in [0, 0.05) is 16.8 Å². The lowest BCUT2D eigenvalue weighted by atomic mass is 10.1. The van der Waals surface area contributed by atoms with Crippen LogP contribution in [0.1, 0.15) is 11.3 Å². The van der Waals surface area contributed by atoms with Crippen LogP contribution in [0.15, 0.2) is 66.9 Å². The molecular weight excluding hydrogens is 358 g/mol. The first-order valence-electron chi connectivity index (χ1n) is 8.63. The van der Waals surface area contributed by atoms with Gasteiger partial charge in [-0.05, 0) is 30.2 Å². The van der Waals surface area contributed by atoms with Crippen LogP contribution < -0.4 is 5.32 Å². The molecule has 0 saturated carbocycles. The molecule has 4 aromatic rings. The molecule has 6 heteroatoms. The topological polar surface area (TPSA) is 66.5 Å². The van der Waals surface area contributed by atoms with E-state index in [9.17, 15) is 0 Å². The molecule has 0 aliphatic heterocycles. The number of aryl methyl sites for hydroxylation is 1. The monoisotopic (exact) mass is 375 g/mol. The number of hydrogen-bond acceptors (Lipinski definition) is 4. The van der Waals surface area contributed by atoms with Crippen LogP contribution in [0.5, 0.6) is 0 Å². The van der Waals surface area contributed by atoms with Crippen molar-refractivity contribution in [3.05, 3.63) is 83.1 Å². The molecule has 0 radical (unpaired) electrons. The smallest absolute Gasteiger partial charge is 0.223 e. The van der Waals surface area contributed by atoms with Crippen LogP contribution in [0.4, 0.5) is 5.95 Å². The minimum Gasteiger partial charge on any atom is -0.348 e. The van der Waals surface area contributed by atoms with Crippen LogP contribution in [0, 0.1) is 6.92 Å². The Labute approximate surface area is 162 Å². The van der Waals surface area contributed by atoms with Gasteiger partial charge >= 0.3 is 0 Å². The molecule has 0 aliphatic carbocycles. The van der Waals surface area contributed by atoms with Gasteiger partial charge in [-0.1, -0.05) is 60.1 Å². The molecule has 27 heavy (non-hydrogen) atoms. The molecule has 2 N–H and O–H groups in total. The van der Waals surface area contributed by atoms with Crippen molar-refractivity contribution in [1.82, 2.24) is 20.2 Å². The van der Waals surface area contributed by atoms with Gasteiger partial charge in [-0.2, -0.15) is 5.10 Å². The Hall–Kier alpha value is -3.18. The van der Waals surface area contributed by atoms with Gasteiger partial charge in [0.1, 0.15) is 0 Å². The second-order valence-electron chi connectivity index (χ2n) is 6.20. The zero-order valence-electron chi connectivity index (χ0n) is 14.8. The number of benzene rings is 2. The largest absolute Gasteiger partial charge is 0.348 e. The zero-order chi connectivity index (χ0) is 18.6. The Morgan fingerprint density at radius 3 is 2.63 bits per heavy atom. The molecule has 0 saturated heterocycles. The molecule has 0 atom stereocenters. The number of aromatic amines is 1. The van der Waals surface area contributed by atoms with Crippen LogP contribution in [0.3, 0.4) is 0 Å². The van der Waals surface area contributed by atoms with Crippen LogP contribution in [0.25, 0.3) is 22.5 Å². The Morgan fingerprint density at radius 2 is 1.81 bits per heavy atom. The first kappa shape index (κ1) is 17.2. The average Bonchev–Trinajstić information content (AvgIpc) is 3.18. The van der Waals surface area contributed by atoms with Crippen molar-refractivity contribution in [2.45, 2.75) is 13.5 Å². The molecule has 0 aliphatic rings. The molecule has 0 unspecified atom stereocenters. The summed E-state index contributed by atoms with van der Waals surface area (Å²) in [6.07, 6.45) is 1.80. The Kier molecular flexibility index (Phi) is 4.85. The van der Waals surface area contributed by atoms with E-state index >= 15 is 0 Å². The number of halogens is 1. The van der Waals surface area contributed by atoms with Gasteiger partial charge in [-0.3, -0.25) is 5.10 Å². The summed E-state index contributed by atoms with van der Waals surface area (Å²) in [5.41, 5.74) is 5.66. The zero-order valence-corrected chi connectivity index (χ0v) is 15.5. The van der Waals surface area contributed by atoms with Crippen molar-refractivity contribution in [3.63, 3.8) is 0 Å². The van der Waals surface area contributed by atoms with Crippen LogP contribution in [-0.4, -0.2) is 20.2 Å². The number of nitrogens with one attached hydrogen (secondary N) is 2. The highest BCUT2D eigenvalue weighted by Gasteiger charge is 2.10. The molecule has 0 amide bonds. The maximum absolute atomic E-state index is 6.32. The van der Waals surface area contributed by atoms with Gasteiger partial charge in [0.15, 0.2) is 0 Å². The second-order valence-corrected chi connectivity index (χ2v) is 6.60. The van der Waals surface area contributed by atoms with Crippen molar-refractivity contribution in [3.8, 4) is 22.5 Å². The van der Waals surface area contributed by atoms with Gasteiger partial charge in [0.25, 0.3) is 0 Å². The second kappa shape index (κ2) is 7.60. The van der Waals surface area contributed by atoms with Crippen molar-refractivity contribution in [1.29, 1.82) is 0 Å². The van der Waals surface area contributed by atoms with E-state index in [0.717, 1.165) is 33.8 Å². The van der Waals surface area contributed by atoms with Crippen molar-refractivity contribution >= 4 is 17.5 Å². The third-order valence-electron chi connectivity index (χ3n) is 4.24. The van der Waals surface area contributed by atoms with Crippen LogP contribution in [0.2, 0.25) is 5.02 Å². The minimum absolute atomic E-state index is 0.522. The molecule has 2 heterocycles. The summed E-state index contributed by atoms with van der Waals surface area (Å²) in [7, 11) is 0. The Bertz CT molecular complexity index is 1060. The van der Waals surface area contributed by atoms with Gasteiger partial charge in [0.05, 0.1) is 23.6 Å². The molecule has 5 nitrogen and oxygen atoms in total. The minimum atomic E-state index is 0.522. The van der Waals surface area contributed by atoms with Gasteiger partial charge < -0.3 is 5.32 Å². The van der Waals surface area contributed by atoms with Crippen molar-refractivity contribution in [2.24, 2.45) is 0 Å². The van der Waals surface area contributed by atoms with E-state index < -0.39 is 0 Å². The number of rotatable bonds is 5. The molecule has 0 spiro atoms. The lowest BCUT2D eigenvalue weighted by molar-refractivity contribution is 0.961. The number of H-pyrrole nitrogens is 1. The summed E-state index contributed by atoms with van der Waals surface area (Å²) in [6, 6.07) is 19.8. The Morgan fingerprint density at radius 1 is 1.04 bits per heavy atom. The highest BCUT2D eigenvalue weighted by Crippen LogP contribution is 2.28.